The lowest BCUT2D eigenvalue weighted by Crippen LogP contribution is -2.37. The number of imide groups is 1. The number of nitrogens with one attached hydrogen (secondary N) is 2. The van der Waals surface area contributed by atoms with E-state index >= 15 is 0 Å². The number of hydrogen-bond acceptors (Lipinski definition) is 6. The first kappa shape index (κ1) is 20.8. The Morgan fingerprint density at radius 3 is 2.46 bits per heavy atom. The number of hydrogen-bond donors (Lipinski definition) is 3. The van der Waals surface area contributed by atoms with Gasteiger partial charge in [0, 0.05) is 0 Å². The van der Waals surface area contributed by atoms with E-state index in [1.165, 1.54) is 31.2 Å². The number of carbonyl (C=O) groups is 3. The topological polar surface area (TPSA) is 145 Å². The molecule has 0 saturated heterocycles. The van der Waals surface area contributed by atoms with Gasteiger partial charge >= 0.3 is 12.0 Å². The summed E-state index contributed by atoms with van der Waals surface area (Å²) in [6.45, 7) is 0.622. The highest BCUT2D eigenvalue weighted by atomic mass is 32.2. The maximum atomic E-state index is 13.4. The number of urea groups is 1. The van der Waals surface area contributed by atoms with E-state index in [1.807, 2.05) is 0 Å². The Balaban J connectivity index is 2.21. The van der Waals surface area contributed by atoms with Gasteiger partial charge in [-0.1, -0.05) is 12.1 Å². The third-order valence-electron chi connectivity index (χ3n) is 3.43. The first-order valence-corrected chi connectivity index (χ1v) is 9.23. The summed E-state index contributed by atoms with van der Waals surface area (Å²) in [5.41, 5.74) is 4.63. The van der Waals surface area contributed by atoms with E-state index in [4.69, 9.17) is 10.5 Å². The van der Waals surface area contributed by atoms with Crippen LogP contribution in [0.1, 0.15) is 15.9 Å². The normalized spacial score (nSPS) is 10.8. The quantitative estimate of drug-likeness (QED) is 0.613. The number of carbonyl (C=O) groups excluding carboxylic acids is 3. The van der Waals surface area contributed by atoms with Crippen LogP contribution in [-0.4, -0.2) is 32.9 Å². The van der Waals surface area contributed by atoms with Crippen LogP contribution in [0.2, 0.25) is 0 Å². The summed E-state index contributed by atoms with van der Waals surface area (Å²) in [6.07, 6.45) is 0. The molecular formula is C17H16FN3O6S. The second kappa shape index (κ2) is 8.48. The number of ether oxygens (including phenoxy) is 1. The fraction of sp³-hybridized carbons (Fsp3) is 0.118. The van der Waals surface area contributed by atoms with Gasteiger partial charge in [0.1, 0.15) is 5.82 Å². The number of benzene rings is 2. The molecule has 0 aliphatic carbocycles. The lowest BCUT2D eigenvalue weighted by Gasteiger charge is -2.12. The average Bonchev–Trinajstić information content (AvgIpc) is 2.61. The zero-order valence-electron chi connectivity index (χ0n) is 14.6. The van der Waals surface area contributed by atoms with E-state index in [1.54, 1.807) is 5.32 Å². The molecule has 0 unspecified atom stereocenters. The fourth-order valence-corrected chi connectivity index (χ4v) is 3.28. The van der Waals surface area contributed by atoms with Crippen molar-refractivity contribution in [2.24, 2.45) is 5.73 Å². The van der Waals surface area contributed by atoms with E-state index in [0.717, 1.165) is 18.2 Å². The minimum atomic E-state index is -4.12. The molecule has 2 rings (SSSR count). The average molecular weight is 409 g/mol. The van der Waals surface area contributed by atoms with Gasteiger partial charge in [-0.3, -0.25) is 14.8 Å². The molecule has 0 spiro atoms. The third kappa shape index (κ3) is 5.27. The second-order valence-corrected chi connectivity index (χ2v) is 7.23. The summed E-state index contributed by atoms with van der Waals surface area (Å²) in [5, 5.41) is 1.71. The largest absolute Gasteiger partial charge is 0.452 e. The molecule has 0 saturated carbocycles. The molecule has 0 heterocycles. The van der Waals surface area contributed by atoms with Crippen LogP contribution in [0.5, 0.6) is 0 Å². The van der Waals surface area contributed by atoms with Crippen molar-refractivity contribution in [2.75, 3.05) is 11.3 Å². The van der Waals surface area contributed by atoms with Crippen LogP contribution >= 0.6 is 0 Å². The van der Waals surface area contributed by atoms with E-state index in [-0.39, 0.29) is 21.7 Å². The summed E-state index contributed by atoms with van der Waals surface area (Å²) in [7, 11) is -4.12. The molecule has 9 nitrogen and oxygen atoms in total. The number of amides is 3. The molecule has 148 valence electrons. The smallest absolute Gasteiger partial charge is 0.340 e. The maximum absolute atomic E-state index is 13.4. The predicted octanol–water partition coefficient (Wildman–Crippen LogP) is 1.29. The van der Waals surface area contributed by atoms with Gasteiger partial charge in [-0.15, -0.1) is 0 Å². The van der Waals surface area contributed by atoms with Crippen molar-refractivity contribution in [2.45, 2.75) is 11.8 Å². The zero-order valence-corrected chi connectivity index (χ0v) is 15.4. The monoisotopic (exact) mass is 409 g/mol. The van der Waals surface area contributed by atoms with Crippen LogP contribution in [0.15, 0.2) is 47.4 Å². The first-order chi connectivity index (χ1) is 13.1. The molecule has 0 radical (unpaired) electrons. The number of nitrogens with two attached hydrogens (primary N) is 1. The molecular weight excluding hydrogens is 393 g/mol. The number of primary amides is 1. The lowest BCUT2D eigenvalue weighted by molar-refractivity contribution is -0.123. The molecule has 0 aliphatic rings. The number of esters is 1. The Hall–Kier alpha value is -3.47. The van der Waals surface area contributed by atoms with Crippen molar-refractivity contribution in [3.05, 3.63) is 59.4 Å². The van der Waals surface area contributed by atoms with Crippen LogP contribution in [0, 0.1) is 12.7 Å². The van der Waals surface area contributed by atoms with Crippen molar-refractivity contribution in [1.82, 2.24) is 5.32 Å². The van der Waals surface area contributed by atoms with Crippen molar-refractivity contribution >= 4 is 33.6 Å². The van der Waals surface area contributed by atoms with Gasteiger partial charge in [-0.2, -0.15) is 0 Å². The molecule has 4 N–H and O–H groups in total. The van der Waals surface area contributed by atoms with Gasteiger partial charge in [-0.25, -0.2) is 22.4 Å². The Labute approximate surface area is 159 Å². The number of anilines is 1. The van der Waals surface area contributed by atoms with Crippen molar-refractivity contribution in [1.29, 1.82) is 0 Å². The van der Waals surface area contributed by atoms with Gasteiger partial charge < -0.3 is 10.5 Å². The van der Waals surface area contributed by atoms with E-state index in [2.05, 4.69) is 4.72 Å². The number of para-hydroxylation sites is 1. The van der Waals surface area contributed by atoms with Crippen LogP contribution in [0.3, 0.4) is 0 Å². The first-order valence-electron chi connectivity index (χ1n) is 7.74. The van der Waals surface area contributed by atoms with Gasteiger partial charge in [-0.05, 0) is 42.8 Å². The minimum Gasteiger partial charge on any atom is -0.452 e. The summed E-state index contributed by atoms with van der Waals surface area (Å²) < 4.78 is 45.4. The summed E-state index contributed by atoms with van der Waals surface area (Å²) in [6, 6.07) is 7.66. The highest BCUT2D eigenvalue weighted by Gasteiger charge is 2.20. The molecule has 11 heteroatoms. The molecule has 28 heavy (non-hydrogen) atoms. The third-order valence-corrected chi connectivity index (χ3v) is 4.79. The summed E-state index contributed by atoms with van der Waals surface area (Å²) in [4.78, 5) is 33.9. The molecule has 0 fully saturated rings. The number of sulfonamides is 1. The molecule has 0 bridgehead atoms. The second-order valence-electron chi connectivity index (χ2n) is 5.55. The van der Waals surface area contributed by atoms with Crippen molar-refractivity contribution < 1.29 is 31.9 Å². The van der Waals surface area contributed by atoms with Crippen LogP contribution in [-0.2, 0) is 19.6 Å². The maximum Gasteiger partial charge on any atom is 0.340 e. The number of aryl methyl sites for hydroxylation is 1. The van der Waals surface area contributed by atoms with E-state index in [0.29, 0.717) is 0 Å². The van der Waals surface area contributed by atoms with Gasteiger partial charge in [0.2, 0.25) is 0 Å². The SMILES string of the molecule is Cc1cc(S(=O)(=O)Nc2ccccc2C(=O)OCC(=O)NC(N)=O)ccc1F. The molecule has 0 atom stereocenters. The molecule has 0 aliphatic heterocycles. The highest BCUT2D eigenvalue weighted by Crippen LogP contribution is 2.22. The summed E-state index contributed by atoms with van der Waals surface area (Å²) in [5.74, 6) is -2.51. The van der Waals surface area contributed by atoms with E-state index < -0.39 is 40.4 Å². The molecule has 2 aromatic rings. The van der Waals surface area contributed by atoms with E-state index in [9.17, 15) is 27.2 Å². The Morgan fingerprint density at radius 1 is 1.14 bits per heavy atom. The number of halogens is 1. The van der Waals surface area contributed by atoms with Crippen molar-refractivity contribution in [3.63, 3.8) is 0 Å². The minimum absolute atomic E-state index is 0.107. The predicted molar refractivity (Wildman–Crippen MR) is 96.4 cm³/mol. The Bertz CT molecular complexity index is 1040. The zero-order chi connectivity index (χ0) is 20.9. The van der Waals surface area contributed by atoms with Gasteiger partial charge in [0.05, 0.1) is 16.1 Å². The van der Waals surface area contributed by atoms with Crippen LogP contribution < -0.4 is 15.8 Å². The van der Waals surface area contributed by atoms with Crippen LogP contribution in [0.25, 0.3) is 0 Å². The molecule has 2 aromatic carbocycles. The summed E-state index contributed by atoms with van der Waals surface area (Å²) >= 11 is 0. The number of rotatable bonds is 6. The lowest BCUT2D eigenvalue weighted by atomic mass is 10.2. The van der Waals surface area contributed by atoms with Crippen molar-refractivity contribution in [3.8, 4) is 0 Å². The standard InChI is InChI=1S/C17H16FN3O6S/c1-10-8-11(6-7-13(10)18)28(25,26)21-14-5-3-2-4-12(14)16(23)27-9-15(22)20-17(19)24/h2-8,21H,9H2,1H3,(H3,19,20,22,24). The van der Waals surface area contributed by atoms with Crippen LogP contribution in [0.4, 0.5) is 14.9 Å². The fourth-order valence-electron chi connectivity index (χ4n) is 2.12. The molecule has 3 amide bonds. The Morgan fingerprint density at radius 2 is 1.82 bits per heavy atom. The van der Waals surface area contributed by atoms with Gasteiger partial charge in [0.15, 0.2) is 6.61 Å². The van der Waals surface area contributed by atoms with Gasteiger partial charge in [0.25, 0.3) is 15.9 Å². The Kier molecular flexibility index (Phi) is 6.31. The molecule has 0 aromatic heterocycles. The highest BCUT2D eigenvalue weighted by molar-refractivity contribution is 7.92.